The smallest absolute Gasteiger partial charge is 0.405 e. The SMILES string of the molecule is CC[S+](=O)([O-])N1CCC2(CC1)[C@H](C(=O)Nc1ccccc1)[C@@H](OC(N)=O)C(=O)N2C. The number of nitrogens with one attached hydrogen (secondary N) is 1. The third-order valence-electron chi connectivity index (χ3n) is 6.04. The van der Waals surface area contributed by atoms with Crippen LogP contribution in [0.25, 0.3) is 0 Å². The molecule has 2 aliphatic rings. The van der Waals surface area contributed by atoms with Crippen molar-refractivity contribution in [2.75, 3.05) is 31.2 Å². The van der Waals surface area contributed by atoms with Crippen LogP contribution in [0.4, 0.5) is 10.5 Å². The summed E-state index contributed by atoms with van der Waals surface area (Å²) in [4.78, 5) is 39.0. The second kappa shape index (κ2) is 8.32. The van der Waals surface area contributed by atoms with Crippen molar-refractivity contribution in [2.45, 2.75) is 31.4 Å². The van der Waals surface area contributed by atoms with E-state index in [9.17, 15) is 23.1 Å². The van der Waals surface area contributed by atoms with Crippen molar-refractivity contribution in [2.24, 2.45) is 11.7 Å². The van der Waals surface area contributed by atoms with Crippen molar-refractivity contribution in [3.63, 3.8) is 0 Å². The highest BCUT2D eigenvalue weighted by Gasteiger charge is 2.63. The molecule has 10 nitrogen and oxygen atoms in total. The number of sulfonamides is 1. The second-order valence-electron chi connectivity index (χ2n) is 7.49. The van der Waals surface area contributed by atoms with Gasteiger partial charge in [-0.3, -0.25) is 9.59 Å². The fourth-order valence-electron chi connectivity index (χ4n) is 4.39. The molecule has 0 saturated carbocycles. The first kappa shape index (κ1) is 22.2. The van der Waals surface area contributed by atoms with Crippen LogP contribution in [0.15, 0.2) is 30.3 Å². The molecule has 1 unspecified atom stereocenters. The summed E-state index contributed by atoms with van der Waals surface area (Å²) in [5.74, 6) is -2.08. The van der Waals surface area contributed by atoms with Crippen LogP contribution in [-0.2, 0) is 28.9 Å². The normalized spacial score (nSPS) is 25.7. The van der Waals surface area contributed by atoms with Crippen LogP contribution in [0.2, 0.25) is 0 Å². The summed E-state index contributed by atoms with van der Waals surface area (Å²) < 4.78 is 30.9. The molecule has 30 heavy (non-hydrogen) atoms. The highest BCUT2D eigenvalue weighted by atomic mass is 32.3. The van der Waals surface area contributed by atoms with Gasteiger partial charge in [-0.25, -0.2) is 4.79 Å². The topological polar surface area (TPSA) is 145 Å². The van der Waals surface area contributed by atoms with E-state index >= 15 is 0 Å². The number of hydrogen-bond donors (Lipinski definition) is 2. The minimum Gasteiger partial charge on any atom is -0.598 e. The summed E-state index contributed by atoms with van der Waals surface area (Å²) in [7, 11) is -1.85. The predicted octanol–water partition coefficient (Wildman–Crippen LogP) is 0.577. The van der Waals surface area contributed by atoms with Crippen molar-refractivity contribution in [1.82, 2.24) is 9.21 Å². The lowest BCUT2D eigenvalue weighted by molar-refractivity contribution is -0.136. The summed E-state index contributed by atoms with van der Waals surface area (Å²) in [5.41, 5.74) is 4.70. The van der Waals surface area contributed by atoms with Crippen LogP contribution in [0.3, 0.4) is 0 Å². The van der Waals surface area contributed by atoms with Crippen LogP contribution in [-0.4, -0.2) is 69.2 Å². The Labute approximate surface area is 176 Å². The number of primary amides is 1. The van der Waals surface area contributed by atoms with E-state index < -0.39 is 45.9 Å². The highest BCUT2D eigenvalue weighted by molar-refractivity contribution is 7.95. The summed E-state index contributed by atoms with van der Waals surface area (Å²) in [6.45, 7) is 1.89. The molecule has 0 aromatic heterocycles. The molecule has 3 amide bonds. The molecule has 0 aliphatic carbocycles. The lowest BCUT2D eigenvalue weighted by atomic mass is 9.76. The molecule has 3 atom stereocenters. The molecule has 2 aliphatic heterocycles. The summed E-state index contributed by atoms with van der Waals surface area (Å²) in [6.07, 6.45) is -2.05. The molecular weight excluding hydrogens is 412 g/mol. The van der Waals surface area contributed by atoms with Crippen molar-refractivity contribution in [1.29, 1.82) is 0 Å². The third-order valence-corrected chi connectivity index (χ3v) is 7.92. The average Bonchev–Trinajstić information content (AvgIpc) is 2.90. The van der Waals surface area contributed by atoms with Crippen molar-refractivity contribution >= 4 is 34.0 Å². The molecule has 2 fully saturated rings. The largest absolute Gasteiger partial charge is 0.598 e. The predicted molar refractivity (Wildman–Crippen MR) is 109 cm³/mol. The molecule has 3 N–H and O–H groups in total. The quantitative estimate of drug-likeness (QED) is 0.643. The first-order chi connectivity index (χ1) is 14.1. The van der Waals surface area contributed by atoms with Gasteiger partial charge in [0.25, 0.3) is 5.91 Å². The van der Waals surface area contributed by atoms with Gasteiger partial charge in [0.05, 0.1) is 5.54 Å². The van der Waals surface area contributed by atoms with Gasteiger partial charge in [0.1, 0.15) is 22.1 Å². The Morgan fingerprint density at radius 2 is 1.90 bits per heavy atom. The summed E-state index contributed by atoms with van der Waals surface area (Å²) in [5, 5.41) is 2.77. The Morgan fingerprint density at radius 3 is 2.43 bits per heavy atom. The van der Waals surface area contributed by atoms with Crippen LogP contribution in [0.5, 0.6) is 0 Å². The van der Waals surface area contributed by atoms with E-state index in [4.69, 9.17) is 10.5 Å². The number of hydrogen-bond acceptors (Lipinski definition) is 6. The van der Waals surface area contributed by atoms with Gasteiger partial charge in [-0.2, -0.15) is 0 Å². The average molecular weight is 439 g/mol. The Balaban J connectivity index is 1.93. The van der Waals surface area contributed by atoms with E-state index in [1.165, 1.54) is 9.21 Å². The molecule has 1 aromatic carbocycles. The number of piperidine rings is 1. The van der Waals surface area contributed by atoms with Crippen molar-refractivity contribution in [3.8, 4) is 0 Å². The number of carbonyl (C=O) groups is 3. The molecule has 3 rings (SSSR count). The third kappa shape index (κ3) is 3.92. The Bertz CT molecular complexity index is 871. The zero-order valence-corrected chi connectivity index (χ0v) is 17.7. The minimum atomic E-state index is -3.39. The maximum atomic E-state index is 13.3. The van der Waals surface area contributed by atoms with Gasteiger partial charge < -0.3 is 25.2 Å². The molecule has 1 spiro atoms. The van der Waals surface area contributed by atoms with Crippen molar-refractivity contribution < 1.29 is 27.9 Å². The number of ether oxygens (including phenoxy) is 1. The summed E-state index contributed by atoms with van der Waals surface area (Å²) in [6, 6.07) is 8.70. The van der Waals surface area contributed by atoms with E-state index in [2.05, 4.69) is 5.32 Å². The van der Waals surface area contributed by atoms with E-state index in [0.29, 0.717) is 5.69 Å². The molecule has 164 valence electrons. The Kier molecular flexibility index (Phi) is 6.16. The van der Waals surface area contributed by atoms with E-state index in [0.717, 1.165) is 0 Å². The Morgan fingerprint density at radius 1 is 1.30 bits per heavy atom. The first-order valence-electron chi connectivity index (χ1n) is 9.70. The lowest BCUT2D eigenvalue weighted by Gasteiger charge is -2.45. The highest BCUT2D eigenvalue weighted by Crippen LogP contribution is 2.45. The molecular formula is C19H26N4O6S. The van der Waals surface area contributed by atoms with Crippen LogP contribution in [0, 0.1) is 5.92 Å². The number of anilines is 1. The van der Waals surface area contributed by atoms with Gasteiger partial charge >= 0.3 is 6.09 Å². The summed E-state index contributed by atoms with van der Waals surface area (Å²) >= 11 is 0. The van der Waals surface area contributed by atoms with E-state index in [1.54, 1.807) is 44.3 Å². The van der Waals surface area contributed by atoms with Gasteiger partial charge in [0.15, 0.2) is 6.10 Å². The van der Waals surface area contributed by atoms with Crippen LogP contribution in [0.1, 0.15) is 19.8 Å². The number of rotatable bonds is 5. The monoisotopic (exact) mass is 438 g/mol. The van der Waals surface area contributed by atoms with Gasteiger partial charge in [-0.1, -0.05) is 22.4 Å². The number of likely N-dealkylation sites (tertiary alicyclic amines) is 1. The minimum absolute atomic E-state index is 0.0277. The number of nitrogens with zero attached hydrogens (tertiary/aromatic N) is 2. The molecule has 2 saturated heterocycles. The Hall–Kier alpha value is -2.50. The van der Waals surface area contributed by atoms with E-state index in [-0.39, 0.29) is 31.7 Å². The van der Waals surface area contributed by atoms with Crippen LogP contribution >= 0.6 is 0 Å². The van der Waals surface area contributed by atoms with Crippen molar-refractivity contribution in [3.05, 3.63) is 30.3 Å². The molecule has 0 radical (unpaired) electrons. The number of para-hydroxylation sites is 1. The van der Waals surface area contributed by atoms with Gasteiger partial charge in [-0.15, -0.1) is 4.31 Å². The second-order valence-corrected chi connectivity index (χ2v) is 9.75. The molecule has 1 aromatic rings. The molecule has 11 heteroatoms. The first-order valence-corrected chi connectivity index (χ1v) is 11.3. The lowest BCUT2D eigenvalue weighted by Crippen LogP contribution is -2.59. The number of benzene rings is 1. The zero-order valence-electron chi connectivity index (χ0n) is 16.9. The maximum absolute atomic E-state index is 13.3. The maximum Gasteiger partial charge on any atom is 0.405 e. The number of amides is 3. The zero-order chi connectivity index (χ0) is 22.1. The molecule has 0 bridgehead atoms. The van der Waals surface area contributed by atoms with Gasteiger partial charge in [0, 0.05) is 25.8 Å². The van der Waals surface area contributed by atoms with Gasteiger partial charge in [-0.05, 0) is 31.9 Å². The van der Waals surface area contributed by atoms with E-state index in [1.807, 2.05) is 0 Å². The number of nitrogens with two attached hydrogens (primary N) is 1. The molecule has 2 heterocycles. The number of carbonyl (C=O) groups excluding carboxylic acids is 3. The fraction of sp³-hybridized carbons (Fsp3) is 0.526. The standard InChI is InChI=1S/C19H26N4O6S/c1-3-30(27,28)23-11-9-19(10-12-23)14(15(29-18(20)26)17(25)22(19)2)16(24)21-13-7-5-4-6-8-13/h4-8,14-15H,3,9-12H2,1-2H3,(H3-,20,21,24,26,27,28)/t14-,15+/m0/s1. The van der Waals surface area contributed by atoms with Crippen LogP contribution < -0.4 is 11.1 Å². The van der Waals surface area contributed by atoms with Gasteiger partial charge in [0.2, 0.25) is 5.91 Å². The number of likely N-dealkylation sites (N-methyl/N-ethyl adjacent to an activating group) is 1. The fourth-order valence-corrected chi connectivity index (χ4v) is 5.49.